The van der Waals surface area contributed by atoms with Gasteiger partial charge in [0.25, 0.3) is 0 Å². The van der Waals surface area contributed by atoms with Crippen molar-refractivity contribution in [1.29, 1.82) is 0 Å². The highest BCUT2D eigenvalue weighted by Gasteiger charge is 2.28. The maximum Gasteiger partial charge on any atom is 0.0645 e. The van der Waals surface area contributed by atoms with Crippen molar-refractivity contribution in [2.75, 3.05) is 26.3 Å². The summed E-state index contributed by atoms with van der Waals surface area (Å²) in [6.45, 7) is 12.2. The van der Waals surface area contributed by atoms with Crippen LogP contribution < -0.4 is 0 Å². The normalized spacial score (nSPS) is 24.7. The first kappa shape index (κ1) is 11.7. The molecule has 0 N–H and O–H groups in total. The van der Waals surface area contributed by atoms with Crippen LogP contribution in [0.3, 0.4) is 0 Å². The minimum absolute atomic E-state index is 0.766. The lowest BCUT2D eigenvalue weighted by Gasteiger charge is -2.40. The molecule has 0 saturated carbocycles. The van der Waals surface area contributed by atoms with Crippen molar-refractivity contribution in [1.82, 2.24) is 4.90 Å². The molecule has 0 aromatic heterocycles. The van der Waals surface area contributed by atoms with Gasteiger partial charge in [-0.1, -0.05) is 13.0 Å². The molecule has 2 saturated heterocycles. The van der Waals surface area contributed by atoms with Crippen molar-refractivity contribution in [3.8, 4) is 0 Å². The fourth-order valence-corrected chi connectivity index (χ4v) is 1.83. The summed E-state index contributed by atoms with van der Waals surface area (Å²) in [6, 6.07) is 0.766. The Hall–Kier alpha value is -0.340. The average molecular weight is 197 g/mol. The first-order valence-electron chi connectivity index (χ1n) is 5.66. The number of allylic oxidation sites excluding steroid dienone is 1. The van der Waals surface area contributed by atoms with E-state index in [2.05, 4.69) is 18.4 Å². The Kier molecular flexibility index (Phi) is 5.20. The minimum Gasteiger partial charge on any atom is -0.378 e. The molecule has 0 aliphatic carbocycles. The molecular weight excluding hydrogens is 174 g/mol. The lowest BCUT2D eigenvalue weighted by Crippen LogP contribution is -2.51. The second-order valence-corrected chi connectivity index (χ2v) is 4.32. The number of nitrogens with zero attached hydrogens (tertiary/aromatic N) is 1. The van der Waals surface area contributed by atoms with Crippen LogP contribution in [0.1, 0.15) is 26.7 Å². The minimum atomic E-state index is 0.766. The van der Waals surface area contributed by atoms with Gasteiger partial charge in [-0.05, 0) is 38.8 Å². The predicted molar refractivity (Wildman–Crippen MR) is 60.4 cm³/mol. The monoisotopic (exact) mass is 197 g/mol. The van der Waals surface area contributed by atoms with E-state index in [1.165, 1.54) is 25.9 Å². The summed E-state index contributed by atoms with van der Waals surface area (Å²) in [5.74, 6) is 0.951. The van der Waals surface area contributed by atoms with Gasteiger partial charge in [0.15, 0.2) is 0 Å². The van der Waals surface area contributed by atoms with Crippen LogP contribution in [0, 0.1) is 5.92 Å². The summed E-state index contributed by atoms with van der Waals surface area (Å²) < 4.78 is 5.17. The molecule has 2 aliphatic heterocycles. The lowest BCUT2D eigenvalue weighted by atomic mass is 9.97. The summed E-state index contributed by atoms with van der Waals surface area (Å²) in [6.07, 6.45) is 4.52. The Labute approximate surface area is 87.9 Å². The average Bonchev–Trinajstić information content (AvgIpc) is 2.07. The van der Waals surface area contributed by atoms with E-state index < -0.39 is 0 Å². The van der Waals surface area contributed by atoms with Gasteiger partial charge in [0.2, 0.25) is 0 Å². The molecule has 0 spiro atoms. The van der Waals surface area contributed by atoms with E-state index in [4.69, 9.17) is 4.74 Å². The van der Waals surface area contributed by atoms with Gasteiger partial charge in [-0.25, -0.2) is 0 Å². The molecule has 0 unspecified atom stereocenters. The number of likely N-dealkylation sites (tertiary alicyclic amines) is 1. The molecule has 14 heavy (non-hydrogen) atoms. The van der Waals surface area contributed by atoms with Gasteiger partial charge < -0.3 is 4.74 Å². The van der Waals surface area contributed by atoms with Gasteiger partial charge >= 0.3 is 0 Å². The molecule has 2 heterocycles. The van der Waals surface area contributed by atoms with Crippen LogP contribution >= 0.6 is 0 Å². The molecule has 2 aliphatic rings. The number of ether oxygens (including phenoxy) is 1. The maximum atomic E-state index is 5.17. The van der Waals surface area contributed by atoms with Gasteiger partial charge in [-0.15, -0.1) is 6.58 Å². The highest BCUT2D eigenvalue weighted by molar-refractivity contribution is 4.80. The first-order valence-corrected chi connectivity index (χ1v) is 5.66. The van der Waals surface area contributed by atoms with Crippen molar-refractivity contribution >= 4 is 0 Å². The molecular formula is C12H23NO. The van der Waals surface area contributed by atoms with Crippen molar-refractivity contribution in [3.05, 3.63) is 12.7 Å². The number of piperidine rings is 1. The molecule has 0 amide bonds. The second kappa shape index (κ2) is 6.20. The van der Waals surface area contributed by atoms with Gasteiger partial charge in [-0.3, -0.25) is 4.90 Å². The Balaban J connectivity index is 0.000000293. The van der Waals surface area contributed by atoms with E-state index in [-0.39, 0.29) is 0 Å². The van der Waals surface area contributed by atoms with Gasteiger partial charge in [-0.2, -0.15) is 0 Å². The Morgan fingerprint density at radius 3 is 2.14 bits per heavy atom. The SMILES string of the molecule is C=CC.CC1CCN(C2COC2)CC1. The number of hydrogen-bond donors (Lipinski definition) is 0. The van der Waals surface area contributed by atoms with E-state index >= 15 is 0 Å². The van der Waals surface area contributed by atoms with Crippen molar-refractivity contribution in [3.63, 3.8) is 0 Å². The van der Waals surface area contributed by atoms with E-state index in [9.17, 15) is 0 Å². The summed E-state index contributed by atoms with van der Waals surface area (Å²) in [7, 11) is 0. The van der Waals surface area contributed by atoms with Crippen molar-refractivity contribution in [2.45, 2.75) is 32.7 Å². The Morgan fingerprint density at radius 1 is 1.29 bits per heavy atom. The molecule has 0 bridgehead atoms. The zero-order valence-corrected chi connectivity index (χ0v) is 9.54. The van der Waals surface area contributed by atoms with Gasteiger partial charge in [0.05, 0.1) is 19.3 Å². The highest BCUT2D eigenvalue weighted by Crippen LogP contribution is 2.20. The third-order valence-corrected chi connectivity index (χ3v) is 2.96. The van der Waals surface area contributed by atoms with Crippen LogP contribution in [0.5, 0.6) is 0 Å². The van der Waals surface area contributed by atoms with Crippen molar-refractivity contribution < 1.29 is 4.74 Å². The molecule has 0 aromatic carbocycles. The zero-order chi connectivity index (χ0) is 10.4. The van der Waals surface area contributed by atoms with E-state index in [0.29, 0.717) is 0 Å². The molecule has 0 aromatic rings. The number of hydrogen-bond acceptors (Lipinski definition) is 2. The smallest absolute Gasteiger partial charge is 0.0645 e. The van der Waals surface area contributed by atoms with E-state index in [1.807, 2.05) is 6.92 Å². The first-order chi connectivity index (χ1) is 6.77. The summed E-state index contributed by atoms with van der Waals surface area (Å²) in [5.41, 5.74) is 0. The lowest BCUT2D eigenvalue weighted by molar-refractivity contribution is -0.0731. The van der Waals surface area contributed by atoms with Gasteiger partial charge in [0.1, 0.15) is 0 Å². The Bertz CT molecular complexity index is 158. The maximum absolute atomic E-state index is 5.17. The third kappa shape index (κ3) is 3.43. The van der Waals surface area contributed by atoms with Crippen LogP contribution in [-0.4, -0.2) is 37.2 Å². The molecule has 0 radical (unpaired) electrons. The fourth-order valence-electron chi connectivity index (χ4n) is 1.83. The van der Waals surface area contributed by atoms with Gasteiger partial charge in [0, 0.05) is 0 Å². The summed E-state index contributed by atoms with van der Waals surface area (Å²) in [4.78, 5) is 2.59. The standard InChI is InChI=1S/C9H17NO.C3H6/c1-8-2-4-10(5-3-8)9-6-11-7-9;1-3-2/h8-9H,2-7H2,1H3;3H,1H2,2H3. The molecule has 2 heteroatoms. The van der Waals surface area contributed by atoms with Crippen LogP contribution in [-0.2, 0) is 4.74 Å². The summed E-state index contributed by atoms with van der Waals surface area (Å²) in [5, 5.41) is 0. The molecule has 2 nitrogen and oxygen atoms in total. The molecule has 2 fully saturated rings. The van der Waals surface area contributed by atoms with Crippen molar-refractivity contribution in [2.24, 2.45) is 5.92 Å². The molecule has 2 rings (SSSR count). The van der Waals surface area contributed by atoms with Crippen LogP contribution in [0.4, 0.5) is 0 Å². The topological polar surface area (TPSA) is 12.5 Å². The third-order valence-electron chi connectivity index (χ3n) is 2.96. The predicted octanol–water partition coefficient (Wildman–Crippen LogP) is 2.31. The summed E-state index contributed by atoms with van der Waals surface area (Å²) >= 11 is 0. The van der Waals surface area contributed by atoms with E-state index in [0.717, 1.165) is 25.2 Å². The fraction of sp³-hybridized carbons (Fsp3) is 0.833. The Morgan fingerprint density at radius 2 is 1.79 bits per heavy atom. The largest absolute Gasteiger partial charge is 0.378 e. The second-order valence-electron chi connectivity index (χ2n) is 4.32. The zero-order valence-electron chi connectivity index (χ0n) is 9.54. The van der Waals surface area contributed by atoms with Crippen LogP contribution in [0.15, 0.2) is 12.7 Å². The van der Waals surface area contributed by atoms with E-state index in [1.54, 1.807) is 6.08 Å². The molecule has 0 atom stereocenters. The number of rotatable bonds is 1. The quantitative estimate of drug-likeness (QED) is 0.598. The van der Waals surface area contributed by atoms with Crippen LogP contribution in [0.25, 0.3) is 0 Å². The van der Waals surface area contributed by atoms with Crippen LogP contribution in [0.2, 0.25) is 0 Å². The molecule has 82 valence electrons. The highest BCUT2D eigenvalue weighted by atomic mass is 16.5.